The molecule has 216 valence electrons. The highest BCUT2D eigenvalue weighted by Crippen LogP contribution is 2.29. The number of aliphatic carboxylic acids is 1. The normalized spacial score (nSPS) is 16.2. The van der Waals surface area contributed by atoms with Crippen molar-refractivity contribution >= 4 is 56.8 Å². The Morgan fingerprint density at radius 1 is 1.12 bits per heavy atom. The summed E-state index contributed by atoms with van der Waals surface area (Å²) in [6.45, 7) is 0.397. The monoisotopic (exact) mass is 611 g/mol. The number of halogens is 2. The fourth-order valence-corrected chi connectivity index (χ4v) is 6.78. The number of nitrogens with one attached hydrogen (secondary N) is 3. The van der Waals surface area contributed by atoms with E-state index in [1.165, 1.54) is 23.8 Å². The zero-order chi connectivity index (χ0) is 28.9. The molecule has 40 heavy (non-hydrogen) atoms. The predicted molar refractivity (Wildman–Crippen MR) is 150 cm³/mol. The number of fused-ring (bicyclic) bond motifs is 1. The first-order valence-corrected chi connectivity index (χ1v) is 15.2. The first-order chi connectivity index (χ1) is 19.0. The molecule has 0 saturated carbocycles. The van der Waals surface area contributed by atoms with Crippen molar-refractivity contribution in [3.63, 3.8) is 0 Å². The zero-order valence-corrected chi connectivity index (χ0v) is 24.0. The lowest BCUT2D eigenvalue weighted by atomic mass is 10.0. The highest BCUT2D eigenvalue weighted by atomic mass is 35.5. The van der Waals surface area contributed by atoms with E-state index in [4.69, 9.17) is 23.2 Å². The molecule has 4 N–H and O–H groups in total. The lowest BCUT2D eigenvalue weighted by molar-refractivity contribution is -0.143. The molecule has 0 unspecified atom stereocenters. The van der Waals surface area contributed by atoms with Gasteiger partial charge in [0.15, 0.2) is 0 Å². The van der Waals surface area contributed by atoms with E-state index in [9.17, 15) is 27.9 Å². The van der Waals surface area contributed by atoms with Crippen LogP contribution in [0.4, 0.5) is 5.82 Å². The van der Waals surface area contributed by atoms with Crippen LogP contribution in [-0.2, 0) is 37.2 Å². The van der Waals surface area contributed by atoms with E-state index in [2.05, 4.69) is 27.0 Å². The van der Waals surface area contributed by atoms with Crippen molar-refractivity contribution in [2.75, 3.05) is 31.5 Å². The van der Waals surface area contributed by atoms with Gasteiger partial charge in [-0.1, -0.05) is 29.3 Å². The highest BCUT2D eigenvalue weighted by Gasteiger charge is 2.41. The molecule has 1 aromatic carbocycles. The first-order valence-electron chi connectivity index (χ1n) is 13.0. The van der Waals surface area contributed by atoms with Crippen molar-refractivity contribution < 1.29 is 27.9 Å². The molecule has 0 radical (unpaired) electrons. The van der Waals surface area contributed by atoms with Gasteiger partial charge in [0.1, 0.15) is 11.9 Å². The quantitative estimate of drug-likeness (QED) is 0.266. The summed E-state index contributed by atoms with van der Waals surface area (Å²) in [6, 6.07) is 6.69. The number of aromatic nitrogens is 1. The average molecular weight is 613 g/mol. The molecule has 1 atom stereocenters. The molecule has 4 rings (SSSR count). The van der Waals surface area contributed by atoms with Gasteiger partial charge in [-0.05, 0) is 61.9 Å². The Morgan fingerprint density at radius 2 is 1.85 bits per heavy atom. The Bertz CT molecular complexity index is 1360. The summed E-state index contributed by atoms with van der Waals surface area (Å²) in [5.41, 5.74) is 2.18. The molecule has 3 heterocycles. The number of carbonyl (C=O) groups is 3. The summed E-state index contributed by atoms with van der Waals surface area (Å²) in [5, 5.41) is 18.1. The largest absolute Gasteiger partial charge is 0.480 e. The molecule has 2 aliphatic heterocycles. The van der Waals surface area contributed by atoms with E-state index in [1.807, 2.05) is 6.07 Å². The minimum atomic E-state index is -3.91. The zero-order valence-electron chi connectivity index (χ0n) is 21.7. The minimum Gasteiger partial charge on any atom is -0.480 e. The topological polar surface area (TPSA) is 158 Å². The summed E-state index contributed by atoms with van der Waals surface area (Å²) in [7, 11) is -3.91. The van der Waals surface area contributed by atoms with Crippen LogP contribution in [0.5, 0.6) is 0 Å². The van der Waals surface area contributed by atoms with Crippen molar-refractivity contribution in [2.24, 2.45) is 5.92 Å². The van der Waals surface area contributed by atoms with Crippen molar-refractivity contribution in [3.05, 3.63) is 51.6 Å². The first kappa shape index (κ1) is 30.0. The van der Waals surface area contributed by atoms with Gasteiger partial charge in [-0.25, -0.2) is 18.2 Å². The molecular weight excluding hydrogens is 581 g/mol. The van der Waals surface area contributed by atoms with Gasteiger partial charge in [0.05, 0.1) is 10.8 Å². The number of sulfonamides is 1. The third-order valence-corrected chi connectivity index (χ3v) is 9.10. The standard InChI is InChI=1S/C26H31Cl2N5O6S/c27-18-10-19(28)12-21(11-18)40(38,39)33-14-17(15-33)25(35)32-22(26(36)37)13-30-23(34)6-2-1-5-20-8-7-16-4-3-9-29-24(16)31-20/h7-8,10-12,17,22H,1-6,9,13-15H2,(H,29,31)(H,30,34)(H,32,35)(H,36,37)/t22-/m0/s1. The molecule has 0 bridgehead atoms. The molecule has 1 fully saturated rings. The second-order valence-corrected chi connectivity index (χ2v) is 12.7. The highest BCUT2D eigenvalue weighted by molar-refractivity contribution is 7.89. The van der Waals surface area contributed by atoms with Gasteiger partial charge in [0.2, 0.25) is 21.8 Å². The van der Waals surface area contributed by atoms with E-state index in [-0.39, 0.29) is 46.9 Å². The molecular formula is C26H31Cl2N5O6S. The number of unbranched alkanes of at least 4 members (excludes halogenated alkanes) is 1. The van der Waals surface area contributed by atoms with Crippen molar-refractivity contribution in [2.45, 2.75) is 49.5 Å². The van der Waals surface area contributed by atoms with Crippen LogP contribution in [0.15, 0.2) is 35.2 Å². The van der Waals surface area contributed by atoms with Crippen LogP contribution in [-0.4, -0.2) is 72.8 Å². The van der Waals surface area contributed by atoms with Gasteiger partial charge in [-0.15, -0.1) is 0 Å². The molecule has 2 amide bonds. The van der Waals surface area contributed by atoms with Gasteiger partial charge in [0.25, 0.3) is 0 Å². The summed E-state index contributed by atoms with van der Waals surface area (Å²) in [4.78, 5) is 41.0. The van der Waals surface area contributed by atoms with E-state index in [0.29, 0.717) is 6.42 Å². The number of pyridine rings is 1. The summed E-state index contributed by atoms with van der Waals surface area (Å²) >= 11 is 11.8. The van der Waals surface area contributed by atoms with E-state index in [1.54, 1.807) is 0 Å². The molecule has 1 saturated heterocycles. The van der Waals surface area contributed by atoms with Crippen LogP contribution >= 0.6 is 23.2 Å². The van der Waals surface area contributed by atoms with E-state index >= 15 is 0 Å². The number of hydrogen-bond donors (Lipinski definition) is 4. The lowest BCUT2D eigenvalue weighted by Gasteiger charge is -2.37. The Balaban J connectivity index is 1.17. The summed E-state index contributed by atoms with van der Waals surface area (Å²) in [5.74, 6) is -2.02. The molecule has 2 aromatic rings. The maximum absolute atomic E-state index is 12.8. The maximum atomic E-state index is 12.8. The number of nitrogens with zero attached hydrogens (tertiary/aromatic N) is 2. The predicted octanol–water partition coefficient (Wildman–Crippen LogP) is 2.47. The second kappa shape index (κ2) is 13.2. The van der Waals surface area contributed by atoms with Crippen LogP contribution in [0.2, 0.25) is 10.0 Å². The average Bonchev–Trinajstić information content (AvgIpc) is 2.87. The third-order valence-electron chi connectivity index (χ3n) is 6.85. The van der Waals surface area contributed by atoms with Crippen LogP contribution in [0.25, 0.3) is 0 Å². The Hall–Kier alpha value is -2.93. The fourth-order valence-electron chi connectivity index (χ4n) is 4.52. The minimum absolute atomic E-state index is 0.0917. The van der Waals surface area contributed by atoms with Crippen LogP contribution < -0.4 is 16.0 Å². The smallest absolute Gasteiger partial charge is 0.328 e. The van der Waals surface area contributed by atoms with Gasteiger partial charge in [-0.2, -0.15) is 4.31 Å². The number of carbonyl (C=O) groups excluding carboxylic acids is 2. The van der Waals surface area contributed by atoms with Crippen LogP contribution in [0.3, 0.4) is 0 Å². The lowest BCUT2D eigenvalue weighted by Crippen LogP contribution is -2.58. The van der Waals surface area contributed by atoms with E-state index in [0.717, 1.165) is 48.0 Å². The van der Waals surface area contributed by atoms with Gasteiger partial charge >= 0.3 is 5.97 Å². The van der Waals surface area contributed by atoms with Gasteiger partial charge < -0.3 is 21.1 Å². The fraction of sp³-hybridized carbons (Fsp3) is 0.462. The number of carboxylic acids is 1. The molecule has 0 spiro atoms. The Morgan fingerprint density at radius 3 is 2.55 bits per heavy atom. The van der Waals surface area contributed by atoms with Crippen molar-refractivity contribution in [1.29, 1.82) is 0 Å². The third kappa shape index (κ3) is 7.62. The number of rotatable bonds is 12. The number of aryl methyl sites for hydroxylation is 2. The number of anilines is 1. The SMILES string of the molecule is O=C(CCCCc1ccc2c(n1)NCCC2)NC[C@H](NC(=O)C1CN(S(=O)(=O)c2cc(Cl)cc(Cl)c2)C1)C(=O)O. The number of benzene rings is 1. The van der Waals surface area contributed by atoms with Crippen molar-refractivity contribution in [1.82, 2.24) is 19.9 Å². The van der Waals surface area contributed by atoms with Gasteiger partial charge in [-0.3, -0.25) is 9.59 Å². The number of hydrogen-bond acceptors (Lipinski definition) is 7. The van der Waals surface area contributed by atoms with Crippen LogP contribution in [0, 0.1) is 5.92 Å². The Labute approximate surface area is 242 Å². The van der Waals surface area contributed by atoms with Gasteiger partial charge in [0, 0.05) is 48.3 Å². The number of amides is 2. The Kier molecular flexibility index (Phi) is 9.88. The molecule has 2 aliphatic rings. The van der Waals surface area contributed by atoms with Crippen molar-refractivity contribution in [3.8, 4) is 0 Å². The summed E-state index contributed by atoms with van der Waals surface area (Å²) in [6.07, 6.45) is 4.42. The molecule has 14 heteroatoms. The second-order valence-electron chi connectivity index (χ2n) is 9.88. The molecule has 11 nitrogen and oxygen atoms in total. The van der Waals surface area contributed by atoms with Crippen LogP contribution in [0.1, 0.15) is 36.9 Å². The molecule has 1 aromatic heterocycles. The number of carboxylic acid groups (broad SMARTS) is 1. The summed E-state index contributed by atoms with van der Waals surface area (Å²) < 4.78 is 26.6. The van der Waals surface area contributed by atoms with E-state index < -0.39 is 33.9 Å². The molecule has 0 aliphatic carbocycles. The maximum Gasteiger partial charge on any atom is 0.328 e.